The van der Waals surface area contributed by atoms with E-state index in [9.17, 15) is 9.59 Å². The molecule has 1 fully saturated rings. The van der Waals surface area contributed by atoms with E-state index in [4.69, 9.17) is 18.9 Å². The largest absolute Gasteiger partial charge is 0.490 e. The summed E-state index contributed by atoms with van der Waals surface area (Å²) in [6.45, 7) is 5.44. The van der Waals surface area contributed by atoms with Gasteiger partial charge in [-0.25, -0.2) is 4.79 Å². The van der Waals surface area contributed by atoms with Gasteiger partial charge < -0.3 is 23.8 Å². The Bertz CT molecular complexity index is 885. The summed E-state index contributed by atoms with van der Waals surface area (Å²) in [6, 6.07) is 14.5. The molecule has 0 radical (unpaired) electrons. The lowest BCUT2D eigenvalue weighted by Crippen LogP contribution is -2.44. The van der Waals surface area contributed by atoms with Crippen LogP contribution in [-0.2, 0) is 9.53 Å². The van der Waals surface area contributed by atoms with Crippen molar-refractivity contribution in [2.24, 2.45) is 0 Å². The number of piperidine rings is 1. The number of esters is 1. The molecule has 1 atom stereocenters. The molecular formula is C25H31NO6. The van der Waals surface area contributed by atoms with Crippen LogP contribution in [0, 0.1) is 0 Å². The topological polar surface area (TPSA) is 74.3 Å². The smallest absolute Gasteiger partial charge is 0.338 e. The van der Waals surface area contributed by atoms with Gasteiger partial charge in [0.1, 0.15) is 19.0 Å². The average Bonchev–Trinajstić information content (AvgIpc) is 2.82. The molecule has 1 amide bonds. The van der Waals surface area contributed by atoms with Crippen LogP contribution in [0.3, 0.4) is 0 Å². The van der Waals surface area contributed by atoms with Gasteiger partial charge in [0.25, 0.3) is 5.91 Å². The second-order valence-electron chi connectivity index (χ2n) is 7.61. The van der Waals surface area contributed by atoms with Gasteiger partial charge in [-0.15, -0.1) is 0 Å². The predicted molar refractivity (Wildman–Crippen MR) is 120 cm³/mol. The van der Waals surface area contributed by atoms with Crippen LogP contribution in [0.4, 0.5) is 0 Å². The van der Waals surface area contributed by atoms with Crippen molar-refractivity contribution >= 4 is 11.9 Å². The van der Waals surface area contributed by atoms with E-state index in [1.54, 1.807) is 23.1 Å². The molecule has 0 spiro atoms. The number of nitrogens with zero attached hydrogens (tertiary/aromatic N) is 1. The Kier molecular flexibility index (Phi) is 8.78. The Morgan fingerprint density at radius 2 is 1.75 bits per heavy atom. The maximum atomic E-state index is 12.5. The molecule has 0 bridgehead atoms. The van der Waals surface area contributed by atoms with Gasteiger partial charge in [0.2, 0.25) is 0 Å². The van der Waals surface area contributed by atoms with E-state index in [2.05, 4.69) is 0 Å². The minimum atomic E-state index is -0.567. The summed E-state index contributed by atoms with van der Waals surface area (Å²) in [6.07, 6.45) is 3.09. The number of likely N-dealkylation sites (tertiary alicyclic amines) is 1. The molecule has 0 aromatic heterocycles. The molecule has 172 valence electrons. The fourth-order valence-electron chi connectivity index (χ4n) is 3.61. The number of amides is 1. The molecule has 3 rings (SSSR count). The van der Waals surface area contributed by atoms with Gasteiger partial charge in [-0.3, -0.25) is 4.79 Å². The maximum absolute atomic E-state index is 12.5. The standard InChI is InChI=1S/C25H31NO6/c1-3-29-23-17-20(25(28)32-18-24(27)26-14-8-7-9-19(26)2)12-13-22(23)31-16-15-30-21-10-5-4-6-11-21/h4-6,10-13,17,19H,3,7-9,14-16,18H2,1-2H3. The Labute approximate surface area is 189 Å². The minimum Gasteiger partial charge on any atom is -0.490 e. The van der Waals surface area contributed by atoms with E-state index in [-0.39, 0.29) is 18.6 Å². The monoisotopic (exact) mass is 441 g/mol. The molecule has 1 aliphatic heterocycles. The first-order valence-corrected chi connectivity index (χ1v) is 11.1. The third kappa shape index (κ3) is 6.64. The van der Waals surface area contributed by atoms with E-state index < -0.39 is 5.97 Å². The molecule has 1 saturated heterocycles. The molecule has 1 heterocycles. The summed E-state index contributed by atoms with van der Waals surface area (Å²) in [4.78, 5) is 26.7. The van der Waals surface area contributed by atoms with Crippen LogP contribution in [0.5, 0.6) is 17.2 Å². The highest BCUT2D eigenvalue weighted by Crippen LogP contribution is 2.29. The van der Waals surface area contributed by atoms with Gasteiger partial charge >= 0.3 is 5.97 Å². The summed E-state index contributed by atoms with van der Waals surface area (Å²) in [7, 11) is 0. The van der Waals surface area contributed by atoms with Crippen molar-refractivity contribution < 1.29 is 28.5 Å². The highest BCUT2D eigenvalue weighted by molar-refractivity contribution is 5.92. The number of hydrogen-bond acceptors (Lipinski definition) is 6. The molecule has 2 aromatic rings. The van der Waals surface area contributed by atoms with Gasteiger partial charge in [0.15, 0.2) is 18.1 Å². The summed E-state index contributed by atoms with van der Waals surface area (Å²) in [5, 5.41) is 0. The van der Waals surface area contributed by atoms with Crippen LogP contribution in [0.2, 0.25) is 0 Å². The lowest BCUT2D eigenvalue weighted by molar-refractivity contribution is -0.137. The number of rotatable bonds is 10. The van der Waals surface area contributed by atoms with Crippen LogP contribution in [0.15, 0.2) is 48.5 Å². The molecule has 0 aliphatic carbocycles. The predicted octanol–water partition coefficient (Wildman–Crippen LogP) is 4.10. The molecular weight excluding hydrogens is 410 g/mol. The van der Waals surface area contributed by atoms with Crippen LogP contribution < -0.4 is 14.2 Å². The van der Waals surface area contributed by atoms with Crippen molar-refractivity contribution in [1.82, 2.24) is 4.90 Å². The fourth-order valence-corrected chi connectivity index (χ4v) is 3.61. The summed E-state index contributed by atoms with van der Waals surface area (Å²) < 4.78 is 22.3. The molecule has 1 aliphatic rings. The van der Waals surface area contributed by atoms with E-state index in [1.165, 1.54) is 0 Å². The highest BCUT2D eigenvalue weighted by atomic mass is 16.5. The van der Waals surface area contributed by atoms with Crippen LogP contribution in [0.25, 0.3) is 0 Å². The summed E-state index contributed by atoms with van der Waals surface area (Å²) >= 11 is 0. The number of carbonyl (C=O) groups excluding carboxylic acids is 2. The van der Waals surface area contributed by atoms with Crippen LogP contribution >= 0.6 is 0 Å². The van der Waals surface area contributed by atoms with E-state index in [1.807, 2.05) is 44.2 Å². The molecule has 32 heavy (non-hydrogen) atoms. The number of para-hydroxylation sites is 1. The van der Waals surface area contributed by atoms with Crippen molar-refractivity contribution in [2.75, 3.05) is 33.0 Å². The molecule has 0 N–H and O–H groups in total. The normalized spacial score (nSPS) is 15.7. The zero-order chi connectivity index (χ0) is 22.8. The number of benzene rings is 2. The van der Waals surface area contributed by atoms with Gasteiger partial charge in [0.05, 0.1) is 12.2 Å². The number of carbonyl (C=O) groups is 2. The van der Waals surface area contributed by atoms with E-state index >= 15 is 0 Å². The summed E-state index contributed by atoms with van der Waals surface area (Å²) in [5.41, 5.74) is 0.306. The molecule has 7 heteroatoms. The van der Waals surface area contributed by atoms with Crippen molar-refractivity contribution in [3.8, 4) is 17.2 Å². The number of hydrogen-bond donors (Lipinski definition) is 0. The van der Waals surface area contributed by atoms with Crippen molar-refractivity contribution in [1.29, 1.82) is 0 Å². The Balaban J connectivity index is 1.53. The van der Waals surface area contributed by atoms with E-state index in [0.29, 0.717) is 43.4 Å². The number of ether oxygens (including phenoxy) is 4. The quantitative estimate of drug-likeness (QED) is 0.408. The minimum absolute atomic E-state index is 0.158. The maximum Gasteiger partial charge on any atom is 0.338 e. The first-order valence-electron chi connectivity index (χ1n) is 11.1. The Morgan fingerprint density at radius 3 is 2.50 bits per heavy atom. The zero-order valence-corrected chi connectivity index (χ0v) is 18.7. The van der Waals surface area contributed by atoms with Gasteiger partial charge in [-0.2, -0.15) is 0 Å². The lowest BCUT2D eigenvalue weighted by atomic mass is 10.0. The SMILES string of the molecule is CCOc1cc(C(=O)OCC(=O)N2CCCCC2C)ccc1OCCOc1ccccc1. The molecule has 2 aromatic carbocycles. The van der Waals surface area contributed by atoms with Crippen LogP contribution in [-0.4, -0.2) is 55.8 Å². The van der Waals surface area contributed by atoms with Crippen molar-refractivity contribution in [3.63, 3.8) is 0 Å². The first-order chi connectivity index (χ1) is 15.6. The van der Waals surface area contributed by atoms with Crippen LogP contribution in [0.1, 0.15) is 43.5 Å². The zero-order valence-electron chi connectivity index (χ0n) is 18.7. The molecule has 1 unspecified atom stereocenters. The Morgan fingerprint density at radius 1 is 0.969 bits per heavy atom. The first kappa shape index (κ1) is 23.4. The highest BCUT2D eigenvalue weighted by Gasteiger charge is 2.24. The summed E-state index contributed by atoms with van der Waals surface area (Å²) in [5.74, 6) is 1.00. The molecule has 7 nitrogen and oxygen atoms in total. The van der Waals surface area contributed by atoms with Crippen molar-refractivity contribution in [2.45, 2.75) is 39.2 Å². The van der Waals surface area contributed by atoms with E-state index in [0.717, 1.165) is 25.0 Å². The van der Waals surface area contributed by atoms with Gasteiger partial charge in [-0.05, 0) is 63.4 Å². The lowest BCUT2D eigenvalue weighted by Gasteiger charge is -2.33. The third-order valence-electron chi connectivity index (χ3n) is 5.28. The van der Waals surface area contributed by atoms with Gasteiger partial charge in [-0.1, -0.05) is 18.2 Å². The van der Waals surface area contributed by atoms with Gasteiger partial charge in [0, 0.05) is 12.6 Å². The van der Waals surface area contributed by atoms with Crippen molar-refractivity contribution in [3.05, 3.63) is 54.1 Å². The second kappa shape index (κ2) is 12.0. The molecule has 0 saturated carbocycles. The third-order valence-corrected chi connectivity index (χ3v) is 5.28. The average molecular weight is 442 g/mol. The fraction of sp³-hybridized carbons (Fsp3) is 0.440. The Hall–Kier alpha value is -3.22. The second-order valence-corrected chi connectivity index (χ2v) is 7.61.